The monoisotopic (exact) mass is 362 g/mol. The lowest BCUT2D eigenvalue weighted by atomic mass is 10.2. The molecule has 3 aromatic rings. The lowest BCUT2D eigenvalue weighted by Gasteiger charge is -2.08. The molecular formula is C17H18N2O5S. The van der Waals surface area contributed by atoms with Crippen LogP contribution < -0.4 is 14.2 Å². The van der Waals surface area contributed by atoms with Gasteiger partial charge in [0, 0.05) is 11.9 Å². The van der Waals surface area contributed by atoms with E-state index in [-0.39, 0.29) is 18.9 Å². The standard InChI is InChI=1S/C17H18N2O5S/c1-22-13-6-8-14(9-7-13)23-11-10-18-25(20,21)12-16-15-4-2-3-5-17(15)24-19-16/h2-9,18H,10-12H2,1H3. The fourth-order valence-electron chi connectivity index (χ4n) is 2.31. The van der Waals surface area contributed by atoms with Crippen LogP contribution in [-0.4, -0.2) is 33.8 Å². The van der Waals surface area contributed by atoms with Crippen molar-refractivity contribution in [3.63, 3.8) is 0 Å². The molecule has 8 heteroatoms. The Morgan fingerprint density at radius 3 is 2.56 bits per heavy atom. The van der Waals surface area contributed by atoms with Gasteiger partial charge in [0.05, 0.1) is 7.11 Å². The largest absolute Gasteiger partial charge is 0.497 e. The number of fused-ring (bicyclic) bond motifs is 1. The number of methoxy groups -OCH3 is 1. The zero-order chi connectivity index (χ0) is 17.7. The van der Waals surface area contributed by atoms with Gasteiger partial charge in [-0.05, 0) is 36.4 Å². The average Bonchev–Trinajstić information content (AvgIpc) is 3.02. The second-order valence-corrected chi connectivity index (χ2v) is 7.11. The molecule has 1 N–H and O–H groups in total. The second kappa shape index (κ2) is 7.54. The predicted octanol–water partition coefficient (Wildman–Crippen LogP) is 2.33. The van der Waals surface area contributed by atoms with E-state index in [4.69, 9.17) is 14.0 Å². The molecule has 0 aliphatic carbocycles. The molecular weight excluding hydrogens is 344 g/mol. The molecule has 0 saturated heterocycles. The smallest absolute Gasteiger partial charge is 0.217 e. The minimum atomic E-state index is -3.53. The molecule has 132 valence electrons. The Labute approximate surface area is 145 Å². The minimum Gasteiger partial charge on any atom is -0.497 e. The fraction of sp³-hybridized carbons (Fsp3) is 0.235. The van der Waals surface area contributed by atoms with Crippen LogP contribution in [0.1, 0.15) is 5.69 Å². The van der Waals surface area contributed by atoms with Crippen LogP contribution in [0.5, 0.6) is 11.5 Å². The zero-order valence-electron chi connectivity index (χ0n) is 13.6. The Kier molecular flexibility index (Phi) is 5.20. The van der Waals surface area contributed by atoms with Gasteiger partial charge < -0.3 is 14.0 Å². The Morgan fingerprint density at radius 2 is 1.80 bits per heavy atom. The average molecular weight is 362 g/mol. The Hall–Kier alpha value is -2.58. The highest BCUT2D eigenvalue weighted by Crippen LogP contribution is 2.19. The summed E-state index contributed by atoms with van der Waals surface area (Å²) in [6, 6.07) is 14.2. The van der Waals surface area contributed by atoms with Gasteiger partial charge in [-0.15, -0.1) is 0 Å². The maximum atomic E-state index is 12.2. The van der Waals surface area contributed by atoms with Crippen molar-refractivity contribution in [1.29, 1.82) is 0 Å². The van der Waals surface area contributed by atoms with Crippen molar-refractivity contribution < 1.29 is 22.4 Å². The molecule has 0 fully saturated rings. The molecule has 0 bridgehead atoms. The Morgan fingerprint density at radius 1 is 1.08 bits per heavy atom. The third kappa shape index (κ3) is 4.49. The summed E-state index contributed by atoms with van der Waals surface area (Å²) in [4.78, 5) is 0. The van der Waals surface area contributed by atoms with Crippen LogP contribution >= 0.6 is 0 Å². The molecule has 2 aromatic carbocycles. The van der Waals surface area contributed by atoms with Crippen LogP contribution in [-0.2, 0) is 15.8 Å². The fourth-order valence-corrected chi connectivity index (χ4v) is 3.38. The summed E-state index contributed by atoms with van der Waals surface area (Å²) in [7, 11) is -1.95. The van der Waals surface area contributed by atoms with Crippen LogP contribution in [0.3, 0.4) is 0 Å². The highest BCUT2D eigenvalue weighted by molar-refractivity contribution is 7.88. The Balaban J connectivity index is 1.51. The van der Waals surface area contributed by atoms with E-state index >= 15 is 0 Å². The first-order chi connectivity index (χ1) is 12.1. The van der Waals surface area contributed by atoms with Crippen molar-refractivity contribution in [2.75, 3.05) is 20.3 Å². The third-order valence-electron chi connectivity index (χ3n) is 3.53. The van der Waals surface area contributed by atoms with E-state index < -0.39 is 10.0 Å². The first-order valence-corrected chi connectivity index (χ1v) is 9.30. The number of rotatable bonds is 8. The molecule has 1 aromatic heterocycles. The van der Waals surface area contributed by atoms with Gasteiger partial charge in [-0.2, -0.15) is 0 Å². The van der Waals surface area contributed by atoms with E-state index in [1.807, 2.05) is 6.07 Å². The van der Waals surface area contributed by atoms with Crippen LogP contribution in [0.15, 0.2) is 53.1 Å². The summed E-state index contributed by atoms with van der Waals surface area (Å²) in [6.45, 7) is 0.370. The van der Waals surface area contributed by atoms with Crippen molar-refractivity contribution in [3.05, 3.63) is 54.2 Å². The van der Waals surface area contributed by atoms with Crippen LogP contribution in [0, 0.1) is 0 Å². The molecule has 0 unspecified atom stereocenters. The summed E-state index contributed by atoms with van der Waals surface area (Å²) >= 11 is 0. The van der Waals surface area contributed by atoms with Gasteiger partial charge in [0.25, 0.3) is 0 Å². The van der Waals surface area contributed by atoms with Gasteiger partial charge in [-0.25, -0.2) is 13.1 Å². The molecule has 0 aliphatic rings. The molecule has 0 amide bonds. The molecule has 3 rings (SSSR count). The van der Waals surface area contributed by atoms with E-state index in [9.17, 15) is 8.42 Å². The first-order valence-electron chi connectivity index (χ1n) is 7.65. The SMILES string of the molecule is COc1ccc(OCCNS(=O)(=O)Cc2noc3ccccc23)cc1. The van der Waals surface area contributed by atoms with E-state index in [1.54, 1.807) is 49.6 Å². The number of aromatic nitrogens is 1. The van der Waals surface area contributed by atoms with Crippen LogP contribution in [0.2, 0.25) is 0 Å². The molecule has 0 atom stereocenters. The van der Waals surface area contributed by atoms with Gasteiger partial charge in [-0.1, -0.05) is 17.3 Å². The molecule has 0 radical (unpaired) electrons. The zero-order valence-corrected chi connectivity index (χ0v) is 14.5. The number of hydrogen-bond acceptors (Lipinski definition) is 6. The third-order valence-corrected chi connectivity index (χ3v) is 4.83. The van der Waals surface area contributed by atoms with E-state index in [0.717, 1.165) is 5.75 Å². The van der Waals surface area contributed by atoms with E-state index in [0.29, 0.717) is 22.4 Å². The lowest BCUT2D eigenvalue weighted by molar-refractivity contribution is 0.322. The summed E-state index contributed by atoms with van der Waals surface area (Å²) in [6.07, 6.45) is 0. The molecule has 0 saturated carbocycles. The molecule has 25 heavy (non-hydrogen) atoms. The normalized spacial score (nSPS) is 11.6. The number of nitrogens with zero attached hydrogens (tertiary/aromatic N) is 1. The van der Waals surface area contributed by atoms with Crippen molar-refractivity contribution in [3.8, 4) is 11.5 Å². The summed E-state index contributed by atoms with van der Waals surface area (Å²) < 4.78 is 42.5. The summed E-state index contributed by atoms with van der Waals surface area (Å²) in [5, 5.41) is 4.53. The van der Waals surface area contributed by atoms with Crippen molar-refractivity contribution in [1.82, 2.24) is 9.88 Å². The molecule has 0 aliphatic heterocycles. The number of para-hydroxylation sites is 1. The number of sulfonamides is 1. The molecule has 0 spiro atoms. The van der Waals surface area contributed by atoms with Crippen LogP contribution in [0.25, 0.3) is 11.0 Å². The second-order valence-electron chi connectivity index (χ2n) is 5.30. The van der Waals surface area contributed by atoms with Gasteiger partial charge in [0.2, 0.25) is 10.0 Å². The maximum Gasteiger partial charge on any atom is 0.217 e. The summed E-state index contributed by atoms with van der Waals surface area (Å²) in [5.41, 5.74) is 0.953. The topological polar surface area (TPSA) is 90.7 Å². The van der Waals surface area contributed by atoms with Gasteiger partial charge >= 0.3 is 0 Å². The van der Waals surface area contributed by atoms with E-state index in [2.05, 4.69) is 9.88 Å². The van der Waals surface area contributed by atoms with Crippen LogP contribution in [0.4, 0.5) is 0 Å². The van der Waals surface area contributed by atoms with Gasteiger partial charge in [0.15, 0.2) is 5.58 Å². The lowest BCUT2D eigenvalue weighted by Crippen LogP contribution is -2.29. The highest BCUT2D eigenvalue weighted by Gasteiger charge is 2.17. The molecule has 7 nitrogen and oxygen atoms in total. The van der Waals surface area contributed by atoms with Gasteiger partial charge in [-0.3, -0.25) is 0 Å². The van der Waals surface area contributed by atoms with Gasteiger partial charge in [0.1, 0.15) is 29.6 Å². The number of benzene rings is 2. The quantitative estimate of drug-likeness (QED) is 0.619. The number of hydrogen-bond donors (Lipinski definition) is 1. The molecule has 1 heterocycles. The maximum absolute atomic E-state index is 12.2. The first kappa shape index (κ1) is 17.2. The van der Waals surface area contributed by atoms with Crippen molar-refractivity contribution >= 4 is 21.0 Å². The van der Waals surface area contributed by atoms with Crippen molar-refractivity contribution in [2.24, 2.45) is 0 Å². The Bertz CT molecular complexity index is 935. The van der Waals surface area contributed by atoms with E-state index in [1.165, 1.54) is 0 Å². The van der Waals surface area contributed by atoms with Crippen molar-refractivity contribution in [2.45, 2.75) is 5.75 Å². The highest BCUT2D eigenvalue weighted by atomic mass is 32.2. The summed E-state index contributed by atoms with van der Waals surface area (Å²) in [5.74, 6) is 1.13. The predicted molar refractivity (Wildman–Crippen MR) is 93.1 cm³/mol. The number of nitrogens with one attached hydrogen (secondary N) is 1. The minimum absolute atomic E-state index is 0.157. The number of ether oxygens (including phenoxy) is 2.